The zero-order chi connectivity index (χ0) is 11.3. The van der Waals surface area contributed by atoms with Gasteiger partial charge in [0, 0.05) is 20.2 Å². The maximum atomic E-state index is 8.88. The fourth-order valence-corrected chi connectivity index (χ4v) is 2.08. The van der Waals surface area contributed by atoms with E-state index in [1.54, 1.807) is 0 Å². The van der Waals surface area contributed by atoms with E-state index in [1.807, 2.05) is 24.9 Å². The van der Waals surface area contributed by atoms with Crippen molar-refractivity contribution in [2.24, 2.45) is 0 Å². The van der Waals surface area contributed by atoms with E-state index in [-0.39, 0.29) is 5.15 Å². The molecule has 0 N–H and O–H groups in total. The highest BCUT2D eigenvalue weighted by atomic mass is 35.5. The van der Waals surface area contributed by atoms with E-state index in [2.05, 4.69) is 4.37 Å². The van der Waals surface area contributed by atoms with Gasteiger partial charge in [0.05, 0.1) is 6.61 Å². The number of anilines is 1. The van der Waals surface area contributed by atoms with Gasteiger partial charge < -0.3 is 9.64 Å². The lowest BCUT2D eigenvalue weighted by atomic mass is 10.3. The minimum atomic E-state index is 0.278. The SMILES string of the molecule is CCOCCN(C)c1snc(Cl)c1C#N. The highest BCUT2D eigenvalue weighted by Crippen LogP contribution is 2.29. The second-order valence-electron chi connectivity index (χ2n) is 2.88. The Labute approximate surface area is 98.2 Å². The zero-order valence-electron chi connectivity index (χ0n) is 8.66. The molecule has 0 saturated heterocycles. The summed E-state index contributed by atoms with van der Waals surface area (Å²) in [6.07, 6.45) is 0. The Hall–Kier alpha value is -0.830. The Bertz CT molecular complexity index is 361. The Morgan fingerprint density at radius 1 is 1.67 bits per heavy atom. The molecule has 0 radical (unpaired) electrons. The van der Waals surface area contributed by atoms with Gasteiger partial charge in [-0.2, -0.15) is 9.64 Å². The van der Waals surface area contributed by atoms with Crippen LogP contribution < -0.4 is 4.90 Å². The van der Waals surface area contributed by atoms with Crippen molar-refractivity contribution < 1.29 is 4.74 Å². The molecule has 0 saturated carbocycles. The first-order chi connectivity index (χ1) is 7.20. The molecule has 82 valence electrons. The fourth-order valence-electron chi connectivity index (χ4n) is 1.06. The van der Waals surface area contributed by atoms with Crippen molar-refractivity contribution in [3.63, 3.8) is 0 Å². The molecule has 0 atom stereocenters. The van der Waals surface area contributed by atoms with Crippen molar-refractivity contribution in [1.29, 1.82) is 5.26 Å². The second-order valence-corrected chi connectivity index (χ2v) is 3.99. The third-order valence-corrected chi connectivity index (χ3v) is 3.20. The van der Waals surface area contributed by atoms with Crippen molar-refractivity contribution in [1.82, 2.24) is 4.37 Å². The molecule has 0 fully saturated rings. The van der Waals surface area contributed by atoms with Crippen molar-refractivity contribution in [2.45, 2.75) is 6.92 Å². The molecule has 0 aliphatic rings. The number of hydrogen-bond acceptors (Lipinski definition) is 5. The smallest absolute Gasteiger partial charge is 0.162 e. The van der Waals surface area contributed by atoms with Gasteiger partial charge in [0.2, 0.25) is 0 Å². The minimum Gasteiger partial charge on any atom is -0.380 e. The zero-order valence-corrected chi connectivity index (χ0v) is 10.2. The van der Waals surface area contributed by atoms with Gasteiger partial charge in [-0.3, -0.25) is 0 Å². The largest absolute Gasteiger partial charge is 0.380 e. The summed E-state index contributed by atoms with van der Waals surface area (Å²) in [5, 5.41) is 9.96. The summed E-state index contributed by atoms with van der Waals surface area (Å²) < 4.78 is 9.17. The number of rotatable bonds is 5. The number of nitriles is 1. The van der Waals surface area contributed by atoms with Crippen LogP contribution in [0.25, 0.3) is 0 Å². The first-order valence-corrected chi connectivity index (χ1v) is 5.70. The Morgan fingerprint density at radius 2 is 2.40 bits per heavy atom. The van der Waals surface area contributed by atoms with Gasteiger partial charge in [0.1, 0.15) is 16.6 Å². The number of hydrogen-bond donors (Lipinski definition) is 0. The van der Waals surface area contributed by atoms with Crippen molar-refractivity contribution >= 4 is 28.1 Å². The van der Waals surface area contributed by atoms with E-state index in [4.69, 9.17) is 21.6 Å². The molecule has 0 aromatic carbocycles. The van der Waals surface area contributed by atoms with Gasteiger partial charge >= 0.3 is 0 Å². The summed E-state index contributed by atoms with van der Waals surface area (Å²) in [7, 11) is 1.89. The number of nitrogens with zero attached hydrogens (tertiary/aromatic N) is 3. The Kier molecular flexibility index (Phi) is 4.82. The number of ether oxygens (including phenoxy) is 1. The lowest BCUT2D eigenvalue weighted by Crippen LogP contribution is -2.22. The third kappa shape index (κ3) is 3.06. The van der Waals surface area contributed by atoms with Gasteiger partial charge in [-0.1, -0.05) is 11.6 Å². The molecule has 0 spiro atoms. The third-order valence-electron chi connectivity index (χ3n) is 1.87. The molecular formula is C9H12ClN3OS. The van der Waals surface area contributed by atoms with Gasteiger partial charge in [0.15, 0.2) is 5.15 Å². The van der Waals surface area contributed by atoms with Crippen molar-refractivity contribution in [2.75, 3.05) is 31.7 Å². The minimum absolute atomic E-state index is 0.278. The predicted molar refractivity (Wildman–Crippen MR) is 61.6 cm³/mol. The monoisotopic (exact) mass is 245 g/mol. The molecule has 1 rings (SSSR count). The molecule has 4 nitrogen and oxygen atoms in total. The normalized spacial score (nSPS) is 10.0. The highest BCUT2D eigenvalue weighted by molar-refractivity contribution is 7.10. The molecule has 0 unspecified atom stereocenters. The van der Waals surface area contributed by atoms with Crippen LogP contribution in [0.3, 0.4) is 0 Å². The van der Waals surface area contributed by atoms with Gasteiger partial charge in [-0.15, -0.1) is 0 Å². The van der Waals surface area contributed by atoms with E-state index in [1.165, 1.54) is 11.5 Å². The van der Waals surface area contributed by atoms with Crippen LogP contribution >= 0.6 is 23.1 Å². The van der Waals surface area contributed by atoms with Crippen molar-refractivity contribution in [3.8, 4) is 6.07 Å². The van der Waals surface area contributed by atoms with E-state index in [0.29, 0.717) is 18.8 Å². The Balaban J connectivity index is 2.65. The maximum Gasteiger partial charge on any atom is 0.162 e. The predicted octanol–water partition coefficient (Wildman–Crippen LogP) is 2.14. The second kappa shape index (κ2) is 5.91. The van der Waals surface area contributed by atoms with E-state index >= 15 is 0 Å². The van der Waals surface area contributed by atoms with Gasteiger partial charge in [-0.25, -0.2) is 0 Å². The number of aromatic nitrogens is 1. The molecule has 0 bridgehead atoms. The molecule has 15 heavy (non-hydrogen) atoms. The summed E-state index contributed by atoms with van der Waals surface area (Å²) in [4.78, 5) is 1.93. The first-order valence-electron chi connectivity index (χ1n) is 4.54. The van der Waals surface area contributed by atoms with Gasteiger partial charge in [-0.05, 0) is 18.5 Å². The first kappa shape index (κ1) is 12.2. The number of likely N-dealkylation sites (N-methyl/N-ethyl adjacent to an activating group) is 1. The van der Waals surface area contributed by atoms with Crippen LogP contribution in [-0.4, -0.2) is 31.2 Å². The van der Waals surface area contributed by atoms with Crippen LogP contribution in [0, 0.1) is 11.3 Å². The summed E-state index contributed by atoms with van der Waals surface area (Å²) in [6.45, 7) is 4.00. The Morgan fingerprint density at radius 3 is 3.00 bits per heavy atom. The van der Waals surface area contributed by atoms with E-state index in [9.17, 15) is 0 Å². The highest BCUT2D eigenvalue weighted by Gasteiger charge is 2.14. The van der Waals surface area contributed by atoms with Crippen molar-refractivity contribution in [3.05, 3.63) is 10.7 Å². The van der Waals surface area contributed by atoms with E-state index < -0.39 is 0 Å². The average Bonchev–Trinajstić information content (AvgIpc) is 2.59. The van der Waals surface area contributed by atoms with Crippen LogP contribution in [-0.2, 0) is 4.74 Å². The quantitative estimate of drug-likeness (QED) is 0.746. The standard InChI is InChI=1S/C9H12ClN3OS/c1-3-14-5-4-13(2)9-7(6-11)8(10)12-15-9/h3-5H2,1-2H3. The lowest BCUT2D eigenvalue weighted by Gasteiger charge is -2.16. The van der Waals surface area contributed by atoms with E-state index in [0.717, 1.165) is 11.5 Å². The van der Waals surface area contributed by atoms with Crippen LogP contribution in [0.2, 0.25) is 5.15 Å². The molecule has 0 amide bonds. The van der Waals surface area contributed by atoms with Crippen LogP contribution in [0.15, 0.2) is 0 Å². The lowest BCUT2D eigenvalue weighted by molar-refractivity contribution is 0.154. The topological polar surface area (TPSA) is 49.1 Å². The molecule has 1 aromatic rings. The summed E-state index contributed by atoms with van der Waals surface area (Å²) in [5.41, 5.74) is 0.445. The molecular weight excluding hydrogens is 234 g/mol. The maximum absolute atomic E-state index is 8.88. The molecule has 1 aromatic heterocycles. The number of halogens is 1. The van der Waals surface area contributed by atoms with Crippen LogP contribution in [0.1, 0.15) is 12.5 Å². The van der Waals surface area contributed by atoms with Crippen LogP contribution in [0.5, 0.6) is 0 Å². The molecule has 1 heterocycles. The average molecular weight is 246 g/mol. The summed E-state index contributed by atoms with van der Waals surface area (Å²) in [6, 6.07) is 2.05. The molecule has 6 heteroatoms. The fraction of sp³-hybridized carbons (Fsp3) is 0.556. The summed E-state index contributed by atoms with van der Waals surface area (Å²) in [5.74, 6) is 0. The van der Waals surface area contributed by atoms with Crippen LogP contribution in [0.4, 0.5) is 5.00 Å². The summed E-state index contributed by atoms with van der Waals surface area (Å²) >= 11 is 7.00. The molecule has 0 aliphatic carbocycles. The molecule has 0 aliphatic heterocycles. The van der Waals surface area contributed by atoms with Gasteiger partial charge in [0.25, 0.3) is 0 Å².